The number of carbonyl (C=O) groups excluding carboxylic acids is 1. The molecule has 1 N–H and O–H groups in total. The second-order valence-corrected chi connectivity index (χ2v) is 8.20. The van der Waals surface area contributed by atoms with Crippen molar-refractivity contribution in [3.05, 3.63) is 16.0 Å². The van der Waals surface area contributed by atoms with Gasteiger partial charge in [0.05, 0.1) is 12.1 Å². The van der Waals surface area contributed by atoms with Gasteiger partial charge in [-0.25, -0.2) is 0 Å². The maximum atomic E-state index is 12.5. The van der Waals surface area contributed by atoms with Crippen LogP contribution in [0.2, 0.25) is 0 Å². The van der Waals surface area contributed by atoms with Gasteiger partial charge in [-0.15, -0.1) is 11.3 Å². The van der Waals surface area contributed by atoms with Crippen molar-refractivity contribution in [2.75, 3.05) is 18.4 Å². The summed E-state index contributed by atoms with van der Waals surface area (Å²) in [6.45, 7) is 3.64. The first kappa shape index (κ1) is 17.4. The van der Waals surface area contributed by atoms with E-state index in [0.29, 0.717) is 12.6 Å². The standard InChI is InChI=1S/C19H27N3OS/c1-14-8-6-7-11-22(14)13-18(23)21-19-16(12-20)15-9-4-2-3-5-10-17(15)24-19/h14H,2-11,13H2,1H3,(H,21,23). The minimum atomic E-state index is 0.0227. The molecule has 1 aromatic rings. The predicted octanol–water partition coefficient (Wildman–Crippen LogP) is 4.09. The number of carbonyl (C=O) groups is 1. The Morgan fingerprint density at radius 3 is 2.79 bits per heavy atom. The van der Waals surface area contributed by atoms with Crippen LogP contribution in [0.15, 0.2) is 0 Å². The van der Waals surface area contributed by atoms with Gasteiger partial charge >= 0.3 is 0 Å². The first-order valence-electron chi connectivity index (χ1n) is 9.27. The molecule has 24 heavy (non-hydrogen) atoms. The van der Waals surface area contributed by atoms with Crippen LogP contribution in [0.1, 0.15) is 67.9 Å². The van der Waals surface area contributed by atoms with Crippen LogP contribution in [0.5, 0.6) is 0 Å². The monoisotopic (exact) mass is 345 g/mol. The van der Waals surface area contributed by atoms with Gasteiger partial charge in [0.2, 0.25) is 5.91 Å². The van der Waals surface area contributed by atoms with Crippen molar-refractivity contribution in [2.24, 2.45) is 0 Å². The summed E-state index contributed by atoms with van der Waals surface area (Å²) in [4.78, 5) is 16.1. The molecule has 1 amide bonds. The molecule has 4 nitrogen and oxygen atoms in total. The fraction of sp³-hybridized carbons (Fsp3) is 0.684. The van der Waals surface area contributed by atoms with Crippen LogP contribution in [0.3, 0.4) is 0 Å². The number of amides is 1. The normalized spacial score (nSPS) is 22.1. The summed E-state index contributed by atoms with van der Waals surface area (Å²) in [5.74, 6) is 0.0227. The Hall–Kier alpha value is -1.38. The molecule has 5 heteroatoms. The van der Waals surface area contributed by atoms with Gasteiger partial charge in [0.25, 0.3) is 0 Å². The molecule has 0 bridgehead atoms. The maximum Gasteiger partial charge on any atom is 0.239 e. The third-order valence-corrected chi connectivity index (χ3v) is 6.53. The van der Waals surface area contributed by atoms with E-state index in [1.165, 1.54) is 49.0 Å². The highest BCUT2D eigenvalue weighted by Gasteiger charge is 2.23. The van der Waals surface area contributed by atoms with E-state index in [-0.39, 0.29) is 5.91 Å². The van der Waals surface area contributed by atoms with Crippen LogP contribution >= 0.6 is 11.3 Å². The zero-order chi connectivity index (χ0) is 16.9. The molecular weight excluding hydrogens is 318 g/mol. The summed E-state index contributed by atoms with van der Waals surface area (Å²) in [5.41, 5.74) is 1.92. The van der Waals surface area contributed by atoms with Crippen LogP contribution in [-0.4, -0.2) is 29.9 Å². The molecule has 2 heterocycles. The van der Waals surface area contributed by atoms with E-state index in [0.717, 1.165) is 36.4 Å². The molecule has 0 spiro atoms. The summed E-state index contributed by atoms with van der Waals surface area (Å²) < 4.78 is 0. The Labute approximate surface area is 148 Å². The first-order valence-corrected chi connectivity index (χ1v) is 10.1. The van der Waals surface area contributed by atoms with Gasteiger partial charge < -0.3 is 5.32 Å². The van der Waals surface area contributed by atoms with Crippen molar-refractivity contribution >= 4 is 22.2 Å². The minimum Gasteiger partial charge on any atom is -0.315 e. The lowest BCUT2D eigenvalue weighted by Crippen LogP contribution is -2.42. The predicted molar refractivity (Wildman–Crippen MR) is 98.4 cm³/mol. The van der Waals surface area contributed by atoms with Crippen LogP contribution in [0, 0.1) is 11.3 Å². The Balaban J connectivity index is 1.71. The van der Waals surface area contributed by atoms with Crippen LogP contribution in [0.25, 0.3) is 0 Å². The molecule has 3 rings (SSSR count). The van der Waals surface area contributed by atoms with Gasteiger partial charge in [0.1, 0.15) is 11.1 Å². The summed E-state index contributed by atoms with van der Waals surface area (Å²) in [6, 6.07) is 2.83. The quantitative estimate of drug-likeness (QED) is 0.897. The van der Waals surface area contributed by atoms with Crippen LogP contribution in [0.4, 0.5) is 5.00 Å². The third-order valence-electron chi connectivity index (χ3n) is 5.32. The SMILES string of the molecule is CC1CCCCN1CC(=O)Nc1sc2c(c1C#N)CCCCCC2. The molecule has 0 aromatic carbocycles. The Morgan fingerprint density at radius 2 is 2.04 bits per heavy atom. The highest BCUT2D eigenvalue weighted by molar-refractivity contribution is 7.16. The molecule has 130 valence electrons. The average Bonchev–Trinajstić information content (AvgIpc) is 2.85. The molecule has 1 fully saturated rings. The van der Waals surface area contributed by atoms with Gasteiger partial charge in [0, 0.05) is 10.9 Å². The fourth-order valence-corrected chi connectivity index (χ4v) is 5.12. The topological polar surface area (TPSA) is 56.1 Å². The average molecular weight is 346 g/mol. The number of nitrogens with zero attached hydrogens (tertiary/aromatic N) is 2. The minimum absolute atomic E-state index is 0.0227. The Kier molecular flexibility index (Phi) is 5.91. The van der Waals surface area contributed by atoms with E-state index in [4.69, 9.17) is 0 Å². The molecular formula is C19H27N3OS. The molecule has 1 saturated heterocycles. The highest BCUT2D eigenvalue weighted by Crippen LogP contribution is 2.36. The number of hydrogen-bond donors (Lipinski definition) is 1. The number of aryl methyl sites for hydroxylation is 1. The van der Waals surface area contributed by atoms with Crippen molar-refractivity contribution < 1.29 is 4.79 Å². The van der Waals surface area contributed by atoms with Gasteiger partial charge in [-0.05, 0) is 57.6 Å². The summed E-state index contributed by atoms with van der Waals surface area (Å²) in [7, 11) is 0. The zero-order valence-electron chi connectivity index (χ0n) is 14.6. The molecule has 0 saturated carbocycles. The molecule has 1 unspecified atom stereocenters. The maximum absolute atomic E-state index is 12.5. The lowest BCUT2D eigenvalue weighted by atomic mass is 9.97. The van der Waals surface area contributed by atoms with Crippen LogP contribution < -0.4 is 5.32 Å². The van der Waals surface area contributed by atoms with Gasteiger partial charge in [-0.1, -0.05) is 19.3 Å². The largest absolute Gasteiger partial charge is 0.315 e. The molecule has 1 atom stereocenters. The van der Waals surface area contributed by atoms with Crippen molar-refractivity contribution in [1.82, 2.24) is 4.90 Å². The fourth-order valence-electron chi connectivity index (χ4n) is 3.87. The number of hydrogen-bond acceptors (Lipinski definition) is 4. The molecule has 1 aliphatic heterocycles. The van der Waals surface area contributed by atoms with E-state index < -0.39 is 0 Å². The second kappa shape index (κ2) is 8.13. The summed E-state index contributed by atoms with van der Waals surface area (Å²) >= 11 is 1.63. The van der Waals surface area contributed by atoms with Gasteiger partial charge in [-0.3, -0.25) is 9.69 Å². The van der Waals surface area contributed by atoms with E-state index >= 15 is 0 Å². The lowest BCUT2D eigenvalue weighted by molar-refractivity contribution is -0.118. The van der Waals surface area contributed by atoms with E-state index in [1.807, 2.05) is 0 Å². The molecule has 0 radical (unpaired) electrons. The number of rotatable bonds is 3. The number of fused-ring (bicyclic) bond motifs is 1. The number of likely N-dealkylation sites (tertiary alicyclic amines) is 1. The molecule has 1 aliphatic carbocycles. The summed E-state index contributed by atoms with van der Waals surface area (Å²) in [5, 5.41) is 13.4. The third kappa shape index (κ3) is 3.99. The van der Waals surface area contributed by atoms with Crippen LogP contribution in [-0.2, 0) is 17.6 Å². The van der Waals surface area contributed by atoms with E-state index in [1.54, 1.807) is 11.3 Å². The van der Waals surface area contributed by atoms with Crippen molar-refractivity contribution in [3.63, 3.8) is 0 Å². The smallest absolute Gasteiger partial charge is 0.239 e. The van der Waals surface area contributed by atoms with Crippen molar-refractivity contribution in [2.45, 2.75) is 70.8 Å². The number of thiophene rings is 1. The highest BCUT2D eigenvalue weighted by atomic mass is 32.1. The number of nitrogens with one attached hydrogen (secondary N) is 1. The Morgan fingerprint density at radius 1 is 1.25 bits per heavy atom. The number of anilines is 1. The second-order valence-electron chi connectivity index (χ2n) is 7.10. The number of nitriles is 1. The Bertz CT molecular complexity index is 631. The van der Waals surface area contributed by atoms with Crippen molar-refractivity contribution in [3.8, 4) is 6.07 Å². The van der Waals surface area contributed by atoms with Gasteiger partial charge in [-0.2, -0.15) is 5.26 Å². The first-order chi connectivity index (χ1) is 11.7. The summed E-state index contributed by atoms with van der Waals surface area (Å²) in [6.07, 6.45) is 10.5. The van der Waals surface area contributed by atoms with Gasteiger partial charge in [0.15, 0.2) is 0 Å². The zero-order valence-corrected chi connectivity index (χ0v) is 15.4. The molecule has 1 aromatic heterocycles. The van der Waals surface area contributed by atoms with E-state index in [2.05, 4.69) is 23.2 Å². The van der Waals surface area contributed by atoms with Crippen molar-refractivity contribution in [1.29, 1.82) is 5.26 Å². The lowest BCUT2D eigenvalue weighted by Gasteiger charge is -2.32. The van der Waals surface area contributed by atoms with E-state index in [9.17, 15) is 10.1 Å². The molecule has 2 aliphatic rings. The number of piperidine rings is 1.